The van der Waals surface area contributed by atoms with E-state index in [0.717, 1.165) is 17.0 Å². The van der Waals surface area contributed by atoms with Gasteiger partial charge in [0.25, 0.3) is 0 Å². The molecule has 0 heterocycles. The Morgan fingerprint density at radius 2 is 2.00 bits per heavy atom. The Balaban J connectivity index is 3.00. The first-order valence-corrected chi connectivity index (χ1v) is 6.39. The van der Waals surface area contributed by atoms with Crippen molar-refractivity contribution in [2.75, 3.05) is 7.05 Å². The summed E-state index contributed by atoms with van der Waals surface area (Å²) in [5.74, 6) is -0.572. The third kappa shape index (κ3) is 4.49. The summed E-state index contributed by atoms with van der Waals surface area (Å²) >= 11 is 5.75. The monoisotopic (exact) mass is 301 g/mol. The minimum Gasteiger partial charge on any atom is -0.444 e. The van der Waals surface area contributed by atoms with Crippen LogP contribution in [0.25, 0.3) is 0 Å². The van der Waals surface area contributed by atoms with Crippen molar-refractivity contribution in [3.63, 3.8) is 0 Å². The zero-order valence-electron chi connectivity index (χ0n) is 11.8. The van der Waals surface area contributed by atoms with Crippen LogP contribution in [0.1, 0.15) is 32.4 Å². The molecule has 0 aliphatic heterocycles. The molecule has 1 amide bonds. The highest BCUT2D eigenvalue weighted by molar-refractivity contribution is 6.30. The molecular formula is C14H17ClFNO3. The van der Waals surface area contributed by atoms with Gasteiger partial charge in [-0.1, -0.05) is 11.6 Å². The second kappa shape index (κ2) is 6.22. The Morgan fingerprint density at radius 1 is 1.40 bits per heavy atom. The number of likely N-dealkylation sites (N-methyl/N-ethyl adjacent to an activating group) is 1. The van der Waals surface area contributed by atoms with Crippen molar-refractivity contribution in [2.45, 2.75) is 32.4 Å². The average molecular weight is 302 g/mol. The zero-order valence-corrected chi connectivity index (χ0v) is 12.6. The Labute approximate surface area is 122 Å². The molecule has 1 unspecified atom stereocenters. The summed E-state index contributed by atoms with van der Waals surface area (Å²) in [6.07, 6.45) is -0.135. The van der Waals surface area contributed by atoms with E-state index >= 15 is 0 Å². The highest BCUT2D eigenvalue weighted by atomic mass is 35.5. The molecule has 0 aliphatic carbocycles. The van der Waals surface area contributed by atoms with Crippen LogP contribution in [0.3, 0.4) is 0 Å². The lowest BCUT2D eigenvalue weighted by molar-refractivity contribution is -0.112. The van der Waals surface area contributed by atoms with Gasteiger partial charge in [0.15, 0.2) is 0 Å². The molecule has 4 nitrogen and oxygen atoms in total. The molecule has 6 heteroatoms. The van der Waals surface area contributed by atoms with E-state index in [1.807, 2.05) is 0 Å². The van der Waals surface area contributed by atoms with Gasteiger partial charge >= 0.3 is 6.09 Å². The fourth-order valence-corrected chi connectivity index (χ4v) is 1.82. The van der Waals surface area contributed by atoms with Crippen molar-refractivity contribution in [3.05, 3.63) is 34.6 Å². The minimum atomic E-state index is -0.960. The number of benzene rings is 1. The maximum atomic E-state index is 13.3. The largest absolute Gasteiger partial charge is 0.444 e. The molecule has 0 aromatic heterocycles. The van der Waals surface area contributed by atoms with Crippen molar-refractivity contribution in [3.8, 4) is 0 Å². The third-order valence-electron chi connectivity index (χ3n) is 2.45. The molecule has 0 N–H and O–H groups in total. The van der Waals surface area contributed by atoms with Gasteiger partial charge in [-0.2, -0.15) is 0 Å². The molecular weight excluding hydrogens is 285 g/mol. The Morgan fingerprint density at radius 3 is 2.45 bits per heavy atom. The van der Waals surface area contributed by atoms with Crippen molar-refractivity contribution in [2.24, 2.45) is 0 Å². The maximum Gasteiger partial charge on any atom is 0.410 e. The van der Waals surface area contributed by atoms with Gasteiger partial charge in [-0.15, -0.1) is 0 Å². The molecule has 1 rings (SSSR count). The van der Waals surface area contributed by atoms with Crippen molar-refractivity contribution >= 4 is 24.0 Å². The molecule has 110 valence electrons. The number of hydrogen-bond acceptors (Lipinski definition) is 3. The van der Waals surface area contributed by atoms with Gasteiger partial charge in [-0.3, -0.25) is 4.90 Å². The first-order valence-electron chi connectivity index (χ1n) is 6.01. The van der Waals surface area contributed by atoms with Crippen LogP contribution < -0.4 is 0 Å². The Bertz CT molecular complexity index is 493. The van der Waals surface area contributed by atoms with Crippen LogP contribution in [-0.4, -0.2) is 29.9 Å². The lowest BCUT2D eigenvalue weighted by Crippen LogP contribution is -2.37. The van der Waals surface area contributed by atoms with Crippen molar-refractivity contribution in [1.29, 1.82) is 0 Å². The number of aldehydes is 1. The molecule has 0 bridgehead atoms. The van der Waals surface area contributed by atoms with E-state index in [9.17, 15) is 14.0 Å². The van der Waals surface area contributed by atoms with Gasteiger partial charge in [0.1, 0.15) is 23.7 Å². The topological polar surface area (TPSA) is 46.6 Å². The first kappa shape index (κ1) is 16.4. The van der Waals surface area contributed by atoms with E-state index < -0.39 is 23.6 Å². The second-order valence-electron chi connectivity index (χ2n) is 5.37. The number of halogens is 2. The molecule has 0 saturated carbocycles. The number of amides is 1. The highest BCUT2D eigenvalue weighted by Gasteiger charge is 2.26. The Hall–Kier alpha value is -1.62. The molecule has 20 heavy (non-hydrogen) atoms. The summed E-state index contributed by atoms with van der Waals surface area (Å²) in [5, 5.41) is 0.157. The van der Waals surface area contributed by atoms with Gasteiger partial charge in [-0.25, -0.2) is 9.18 Å². The minimum absolute atomic E-state index is 0.157. The van der Waals surface area contributed by atoms with Gasteiger partial charge < -0.3 is 9.53 Å². The summed E-state index contributed by atoms with van der Waals surface area (Å²) in [5.41, 5.74) is -0.392. The van der Waals surface area contributed by atoms with Gasteiger partial charge in [0.2, 0.25) is 0 Å². The second-order valence-corrected chi connectivity index (χ2v) is 5.81. The predicted octanol–water partition coefficient (Wildman–Crippen LogP) is 3.59. The lowest BCUT2D eigenvalue weighted by Gasteiger charge is -2.28. The van der Waals surface area contributed by atoms with Crippen LogP contribution in [0.15, 0.2) is 18.2 Å². The number of nitrogens with zero attached hydrogens (tertiary/aromatic N) is 1. The molecule has 0 saturated heterocycles. The van der Waals surface area contributed by atoms with Crippen molar-refractivity contribution < 1.29 is 18.7 Å². The van der Waals surface area contributed by atoms with Crippen LogP contribution in [-0.2, 0) is 9.53 Å². The molecule has 1 atom stereocenters. The molecule has 0 spiro atoms. The predicted molar refractivity (Wildman–Crippen MR) is 74.2 cm³/mol. The number of hydrogen-bond donors (Lipinski definition) is 0. The molecule has 0 fully saturated rings. The summed E-state index contributed by atoms with van der Waals surface area (Å²) in [6, 6.07) is 2.76. The summed E-state index contributed by atoms with van der Waals surface area (Å²) in [6.45, 7) is 5.15. The van der Waals surface area contributed by atoms with Crippen LogP contribution in [0.5, 0.6) is 0 Å². The normalized spacial score (nSPS) is 12.7. The third-order valence-corrected chi connectivity index (χ3v) is 2.67. The van der Waals surface area contributed by atoms with Crippen LogP contribution in [0.4, 0.5) is 9.18 Å². The van der Waals surface area contributed by atoms with E-state index in [1.165, 1.54) is 13.1 Å². The van der Waals surface area contributed by atoms with E-state index in [-0.39, 0.29) is 5.02 Å². The van der Waals surface area contributed by atoms with E-state index in [4.69, 9.17) is 16.3 Å². The fourth-order valence-electron chi connectivity index (χ4n) is 1.59. The standard InChI is InChI=1S/C14H17ClFNO3/c1-14(2,3)20-13(19)17(4)12(8-18)9-5-10(15)7-11(16)6-9/h5-8,12H,1-4H3. The molecule has 1 aromatic rings. The van der Waals surface area contributed by atoms with Gasteiger partial charge in [-0.05, 0) is 44.5 Å². The lowest BCUT2D eigenvalue weighted by atomic mass is 10.1. The van der Waals surface area contributed by atoms with E-state index in [1.54, 1.807) is 20.8 Å². The highest BCUT2D eigenvalue weighted by Crippen LogP contribution is 2.24. The molecule has 0 aliphatic rings. The summed E-state index contributed by atoms with van der Waals surface area (Å²) in [4.78, 5) is 24.2. The smallest absolute Gasteiger partial charge is 0.410 e. The molecule has 0 radical (unpaired) electrons. The SMILES string of the molecule is CN(C(=O)OC(C)(C)C)C(C=O)c1cc(F)cc(Cl)c1. The quantitative estimate of drug-likeness (QED) is 0.802. The van der Waals surface area contributed by atoms with Crippen molar-refractivity contribution in [1.82, 2.24) is 4.90 Å². The molecule has 1 aromatic carbocycles. The summed E-state index contributed by atoms with van der Waals surface area (Å²) in [7, 11) is 1.41. The summed E-state index contributed by atoms with van der Waals surface area (Å²) < 4.78 is 18.5. The number of ether oxygens (including phenoxy) is 1. The van der Waals surface area contributed by atoms with Crippen LogP contribution in [0.2, 0.25) is 5.02 Å². The van der Waals surface area contributed by atoms with Gasteiger partial charge in [0, 0.05) is 12.1 Å². The number of carbonyl (C=O) groups excluding carboxylic acids is 2. The number of carbonyl (C=O) groups is 2. The Kier molecular flexibility index (Phi) is 5.11. The van der Waals surface area contributed by atoms with Crippen LogP contribution >= 0.6 is 11.6 Å². The fraction of sp³-hybridized carbons (Fsp3) is 0.429. The van der Waals surface area contributed by atoms with E-state index in [0.29, 0.717) is 11.8 Å². The maximum absolute atomic E-state index is 13.3. The first-order chi connectivity index (χ1) is 9.14. The zero-order chi connectivity index (χ0) is 15.5. The van der Waals surface area contributed by atoms with E-state index in [2.05, 4.69) is 0 Å². The van der Waals surface area contributed by atoms with Gasteiger partial charge in [0.05, 0.1) is 0 Å². The van der Waals surface area contributed by atoms with Crippen LogP contribution in [0, 0.1) is 5.82 Å². The number of rotatable bonds is 3. The average Bonchev–Trinajstić information content (AvgIpc) is 2.26.